The third-order valence-electron chi connectivity index (χ3n) is 6.39. The molecule has 5 rings (SSSR count). The molecule has 3 heterocycles. The molecule has 0 aromatic heterocycles. The molecule has 2 aromatic rings. The van der Waals surface area contributed by atoms with Gasteiger partial charge in [-0.15, -0.1) is 0 Å². The molecular formula is C23H26ClN3O3. The Labute approximate surface area is 181 Å². The minimum atomic E-state index is -0.352. The molecule has 2 aromatic carbocycles. The summed E-state index contributed by atoms with van der Waals surface area (Å²) in [5.41, 5.74) is 2.51. The maximum absolute atomic E-state index is 10.6. The molecule has 30 heavy (non-hydrogen) atoms. The number of fused-ring (bicyclic) bond motifs is 1. The highest BCUT2D eigenvalue weighted by Crippen LogP contribution is 2.40. The Bertz CT molecular complexity index is 986. The van der Waals surface area contributed by atoms with E-state index in [0.717, 1.165) is 60.8 Å². The highest BCUT2D eigenvalue weighted by molar-refractivity contribution is 6.30. The number of phenolic OH excluding ortho intramolecular Hbond substituents is 1. The van der Waals surface area contributed by atoms with E-state index in [2.05, 4.69) is 17.1 Å². The number of likely N-dealkylation sites (tertiary alicyclic amines) is 1. The number of ether oxygens (including phenoxy) is 2. The number of rotatable bonds is 3. The van der Waals surface area contributed by atoms with Crippen molar-refractivity contribution in [1.82, 2.24) is 10.2 Å². The van der Waals surface area contributed by atoms with Crippen molar-refractivity contribution in [1.29, 1.82) is 0 Å². The van der Waals surface area contributed by atoms with Crippen LogP contribution in [0.1, 0.15) is 43.4 Å². The van der Waals surface area contributed by atoms with Crippen LogP contribution in [-0.2, 0) is 0 Å². The van der Waals surface area contributed by atoms with Crippen molar-refractivity contribution in [3.8, 4) is 17.2 Å². The van der Waals surface area contributed by atoms with Gasteiger partial charge in [0.15, 0.2) is 11.5 Å². The predicted octanol–water partition coefficient (Wildman–Crippen LogP) is 4.11. The normalized spacial score (nSPS) is 22.9. The van der Waals surface area contributed by atoms with Gasteiger partial charge in [-0.25, -0.2) is 0 Å². The van der Waals surface area contributed by atoms with E-state index in [1.165, 1.54) is 0 Å². The number of benzene rings is 2. The van der Waals surface area contributed by atoms with Gasteiger partial charge in [0.2, 0.25) is 6.79 Å². The highest BCUT2D eigenvalue weighted by atomic mass is 35.5. The second-order valence-corrected chi connectivity index (χ2v) is 8.63. The number of hydrogen-bond donors (Lipinski definition) is 2. The fourth-order valence-electron chi connectivity index (χ4n) is 4.65. The zero-order valence-electron chi connectivity index (χ0n) is 17.0. The summed E-state index contributed by atoms with van der Waals surface area (Å²) in [6.45, 7) is 5.49. The van der Waals surface area contributed by atoms with Gasteiger partial charge < -0.3 is 19.5 Å². The maximum atomic E-state index is 10.6. The lowest BCUT2D eigenvalue weighted by Crippen LogP contribution is -2.56. The molecule has 1 atom stereocenters. The van der Waals surface area contributed by atoms with Crippen LogP contribution in [-0.4, -0.2) is 47.8 Å². The van der Waals surface area contributed by atoms with E-state index < -0.39 is 0 Å². The van der Waals surface area contributed by atoms with E-state index in [9.17, 15) is 5.11 Å². The third kappa shape index (κ3) is 3.64. The van der Waals surface area contributed by atoms with E-state index >= 15 is 0 Å². The summed E-state index contributed by atoms with van der Waals surface area (Å²) in [5, 5.41) is 14.9. The van der Waals surface area contributed by atoms with Crippen LogP contribution in [0.15, 0.2) is 41.4 Å². The number of piperidine rings is 1. The van der Waals surface area contributed by atoms with E-state index in [1.807, 2.05) is 24.3 Å². The quantitative estimate of drug-likeness (QED) is 0.771. The Morgan fingerprint density at radius 3 is 2.77 bits per heavy atom. The van der Waals surface area contributed by atoms with Crippen LogP contribution in [0.25, 0.3) is 0 Å². The summed E-state index contributed by atoms with van der Waals surface area (Å²) in [7, 11) is 0. The van der Waals surface area contributed by atoms with E-state index in [1.54, 1.807) is 12.1 Å². The molecule has 3 aliphatic heterocycles. The van der Waals surface area contributed by atoms with E-state index in [4.69, 9.17) is 26.1 Å². The summed E-state index contributed by atoms with van der Waals surface area (Å²) in [6.07, 6.45) is 2.51. The van der Waals surface area contributed by atoms with Gasteiger partial charge in [-0.1, -0.05) is 18.5 Å². The molecule has 0 bridgehead atoms. The number of aromatic hydroxyl groups is 1. The van der Waals surface area contributed by atoms with Gasteiger partial charge in [-0.2, -0.15) is 0 Å². The van der Waals surface area contributed by atoms with Crippen LogP contribution in [0.2, 0.25) is 5.02 Å². The van der Waals surface area contributed by atoms with Gasteiger partial charge in [-0.05, 0) is 61.3 Å². The van der Waals surface area contributed by atoms with Crippen LogP contribution in [0.5, 0.6) is 17.2 Å². The first-order valence-corrected chi connectivity index (χ1v) is 10.9. The van der Waals surface area contributed by atoms with Gasteiger partial charge in [0.1, 0.15) is 11.4 Å². The predicted molar refractivity (Wildman–Crippen MR) is 117 cm³/mol. The lowest BCUT2D eigenvalue weighted by molar-refractivity contribution is 0.129. The number of nitrogens with zero attached hydrogens (tertiary/aromatic N) is 2. The summed E-state index contributed by atoms with van der Waals surface area (Å²) in [5.74, 6) is 1.78. The molecular weight excluding hydrogens is 402 g/mol. The SMILES string of the molecule is CCN1CCC2(CC1)N=C(c1ccc3c(c1)OCO3)CC(c1cc(Cl)ccc1O)N2. The van der Waals surface area contributed by atoms with E-state index in [-0.39, 0.29) is 24.2 Å². The molecule has 1 saturated heterocycles. The summed E-state index contributed by atoms with van der Waals surface area (Å²) >= 11 is 6.26. The zero-order valence-corrected chi connectivity index (χ0v) is 17.8. The largest absolute Gasteiger partial charge is 0.508 e. The van der Waals surface area contributed by atoms with Crippen molar-refractivity contribution in [2.24, 2.45) is 4.99 Å². The van der Waals surface area contributed by atoms with Gasteiger partial charge in [0.05, 0.1) is 0 Å². The van der Waals surface area contributed by atoms with Crippen LogP contribution in [0.3, 0.4) is 0 Å². The molecule has 0 radical (unpaired) electrons. The zero-order chi connectivity index (χ0) is 20.7. The average Bonchev–Trinajstić information content (AvgIpc) is 3.23. The summed E-state index contributed by atoms with van der Waals surface area (Å²) < 4.78 is 11.1. The minimum absolute atomic E-state index is 0.0743. The molecule has 1 fully saturated rings. The van der Waals surface area contributed by atoms with Gasteiger partial charge >= 0.3 is 0 Å². The second kappa shape index (κ2) is 7.76. The smallest absolute Gasteiger partial charge is 0.231 e. The van der Waals surface area contributed by atoms with Crippen LogP contribution in [0, 0.1) is 0 Å². The van der Waals surface area contributed by atoms with Crippen molar-refractivity contribution in [2.75, 3.05) is 26.4 Å². The molecule has 0 aliphatic carbocycles. The first-order chi connectivity index (χ1) is 14.5. The molecule has 2 N–H and O–H groups in total. The number of aliphatic imine (C=N–C) groups is 1. The second-order valence-electron chi connectivity index (χ2n) is 8.20. The molecule has 0 amide bonds. The maximum Gasteiger partial charge on any atom is 0.231 e. The fourth-order valence-corrected chi connectivity index (χ4v) is 4.83. The van der Waals surface area contributed by atoms with E-state index in [0.29, 0.717) is 11.4 Å². The summed E-state index contributed by atoms with van der Waals surface area (Å²) in [6, 6.07) is 11.2. The molecule has 7 heteroatoms. The molecule has 158 valence electrons. The van der Waals surface area contributed by atoms with Crippen molar-refractivity contribution in [2.45, 2.75) is 37.9 Å². The lowest BCUT2D eigenvalue weighted by Gasteiger charge is -2.45. The molecule has 3 aliphatic rings. The Hall–Kier alpha value is -2.28. The van der Waals surface area contributed by atoms with Crippen molar-refractivity contribution in [3.63, 3.8) is 0 Å². The summed E-state index contributed by atoms with van der Waals surface area (Å²) in [4.78, 5) is 7.68. The number of halogens is 1. The molecule has 1 spiro atoms. The number of nitrogens with one attached hydrogen (secondary N) is 1. The Kier molecular flexibility index (Phi) is 5.09. The van der Waals surface area contributed by atoms with Gasteiger partial charge in [-0.3, -0.25) is 10.3 Å². The first kappa shape index (κ1) is 19.7. The Morgan fingerprint density at radius 1 is 1.17 bits per heavy atom. The molecule has 6 nitrogen and oxygen atoms in total. The fraction of sp³-hybridized carbons (Fsp3) is 0.435. The van der Waals surface area contributed by atoms with Crippen LogP contribution >= 0.6 is 11.6 Å². The Morgan fingerprint density at radius 2 is 1.97 bits per heavy atom. The first-order valence-electron chi connectivity index (χ1n) is 10.5. The average molecular weight is 428 g/mol. The van der Waals surface area contributed by atoms with Crippen LogP contribution < -0.4 is 14.8 Å². The number of hydrogen-bond acceptors (Lipinski definition) is 6. The highest BCUT2D eigenvalue weighted by Gasteiger charge is 2.40. The monoisotopic (exact) mass is 427 g/mol. The molecule has 0 saturated carbocycles. The van der Waals surface area contributed by atoms with Crippen LogP contribution in [0.4, 0.5) is 0 Å². The Balaban J connectivity index is 1.53. The van der Waals surface area contributed by atoms with Gasteiger partial charge in [0, 0.05) is 41.8 Å². The van der Waals surface area contributed by atoms with Crippen molar-refractivity contribution < 1.29 is 14.6 Å². The minimum Gasteiger partial charge on any atom is -0.508 e. The standard InChI is InChI=1S/C23H26ClN3O3/c1-2-27-9-7-23(8-10-27)25-18(15-3-6-21-22(11-15)30-14-29-21)13-19(26-23)17-12-16(24)4-5-20(17)28/h3-6,11-12,19,26,28H,2,7-10,13-14H2,1H3. The van der Waals surface area contributed by atoms with Crippen molar-refractivity contribution in [3.05, 3.63) is 52.5 Å². The lowest BCUT2D eigenvalue weighted by atomic mass is 9.87. The molecule has 1 unspecified atom stereocenters. The van der Waals surface area contributed by atoms with Crippen molar-refractivity contribution >= 4 is 17.3 Å². The van der Waals surface area contributed by atoms with Gasteiger partial charge in [0.25, 0.3) is 0 Å². The number of phenols is 1. The third-order valence-corrected chi connectivity index (χ3v) is 6.63. The topological polar surface area (TPSA) is 66.3 Å².